The van der Waals surface area contributed by atoms with Gasteiger partial charge >= 0.3 is 5.97 Å². The van der Waals surface area contributed by atoms with Crippen molar-refractivity contribution in [1.82, 2.24) is 9.88 Å². The average molecular weight is 276 g/mol. The lowest BCUT2D eigenvalue weighted by atomic mass is 10.2. The smallest absolute Gasteiger partial charge is 0.323 e. The Morgan fingerprint density at radius 3 is 2.95 bits per heavy atom. The summed E-state index contributed by atoms with van der Waals surface area (Å²) in [6.45, 7) is 3.39. The number of rotatable bonds is 5. The van der Waals surface area contributed by atoms with E-state index in [2.05, 4.69) is 11.6 Å². The molecule has 0 radical (unpaired) electrons. The van der Waals surface area contributed by atoms with Crippen LogP contribution in [0.5, 0.6) is 0 Å². The Labute approximate surface area is 113 Å². The van der Waals surface area contributed by atoms with Crippen LogP contribution in [0.3, 0.4) is 0 Å². The Bertz CT molecular complexity index is 636. The zero-order valence-electron chi connectivity index (χ0n) is 10.1. The molecule has 0 bridgehead atoms. The molecule has 1 aromatic carbocycles. The highest BCUT2D eigenvalue weighted by atomic mass is 32.1. The fraction of sp³-hybridized carbons (Fsp3) is 0.154. The number of hydrogen-bond donors (Lipinski definition) is 1. The topological polar surface area (TPSA) is 70.5 Å². The van der Waals surface area contributed by atoms with Gasteiger partial charge in [0.25, 0.3) is 5.91 Å². The van der Waals surface area contributed by atoms with Crippen LogP contribution in [-0.2, 0) is 4.79 Å². The molecule has 0 atom stereocenters. The molecule has 0 saturated carbocycles. The number of carboxylic acid groups (broad SMARTS) is 1. The molecule has 2 rings (SSSR count). The molecule has 19 heavy (non-hydrogen) atoms. The number of aliphatic carboxylic acids is 1. The summed E-state index contributed by atoms with van der Waals surface area (Å²) in [6, 6.07) is 5.14. The number of hydrogen-bond acceptors (Lipinski definition) is 4. The molecule has 2 aromatic rings. The molecular weight excluding hydrogens is 264 g/mol. The van der Waals surface area contributed by atoms with Gasteiger partial charge in [0.15, 0.2) is 0 Å². The Morgan fingerprint density at radius 2 is 2.26 bits per heavy atom. The molecule has 0 fully saturated rings. The molecule has 6 heteroatoms. The minimum atomic E-state index is -1.05. The minimum Gasteiger partial charge on any atom is -0.480 e. The van der Waals surface area contributed by atoms with Crippen molar-refractivity contribution >= 4 is 33.4 Å². The predicted octanol–water partition coefficient (Wildman–Crippen LogP) is 2.01. The normalized spacial score (nSPS) is 10.3. The predicted molar refractivity (Wildman–Crippen MR) is 73.4 cm³/mol. The van der Waals surface area contributed by atoms with E-state index < -0.39 is 5.97 Å². The number of carboxylic acids is 1. The van der Waals surface area contributed by atoms with Gasteiger partial charge in [-0.25, -0.2) is 4.98 Å². The Balaban J connectivity index is 2.28. The van der Waals surface area contributed by atoms with Crippen LogP contribution in [0.1, 0.15) is 10.4 Å². The summed E-state index contributed by atoms with van der Waals surface area (Å²) in [5, 5.41) is 8.81. The third kappa shape index (κ3) is 2.97. The number of carbonyl (C=O) groups excluding carboxylic acids is 1. The third-order valence-corrected chi connectivity index (χ3v) is 3.33. The molecule has 0 aliphatic heterocycles. The van der Waals surface area contributed by atoms with Gasteiger partial charge in [0.2, 0.25) is 0 Å². The number of amides is 1. The van der Waals surface area contributed by atoms with Crippen LogP contribution in [0.15, 0.2) is 36.4 Å². The second kappa shape index (κ2) is 5.62. The summed E-state index contributed by atoms with van der Waals surface area (Å²) < 4.78 is 0.903. The van der Waals surface area contributed by atoms with Gasteiger partial charge < -0.3 is 10.0 Å². The molecule has 1 aromatic heterocycles. The maximum atomic E-state index is 12.2. The zero-order chi connectivity index (χ0) is 13.8. The molecule has 1 heterocycles. The van der Waals surface area contributed by atoms with E-state index >= 15 is 0 Å². The Morgan fingerprint density at radius 1 is 1.47 bits per heavy atom. The van der Waals surface area contributed by atoms with E-state index in [-0.39, 0.29) is 19.0 Å². The molecule has 0 saturated heterocycles. The van der Waals surface area contributed by atoms with Gasteiger partial charge in [0.05, 0.1) is 15.7 Å². The van der Waals surface area contributed by atoms with Crippen molar-refractivity contribution in [2.75, 3.05) is 13.1 Å². The summed E-state index contributed by atoms with van der Waals surface area (Å²) in [6.07, 6.45) is 1.51. The van der Waals surface area contributed by atoms with E-state index in [4.69, 9.17) is 5.11 Å². The van der Waals surface area contributed by atoms with Crippen LogP contribution in [0.4, 0.5) is 0 Å². The standard InChI is InChI=1S/C13H12N2O3S/c1-2-5-15(7-12(16)17)13(18)9-3-4-10-11(6-9)19-8-14-10/h2-4,6,8H,1,5,7H2,(H,16,17). The lowest BCUT2D eigenvalue weighted by molar-refractivity contribution is -0.137. The molecule has 0 aliphatic carbocycles. The molecule has 0 spiro atoms. The third-order valence-electron chi connectivity index (χ3n) is 2.54. The molecule has 1 N–H and O–H groups in total. The van der Waals surface area contributed by atoms with Crippen molar-refractivity contribution in [3.63, 3.8) is 0 Å². The zero-order valence-corrected chi connectivity index (χ0v) is 10.9. The van der Waals surface area contributed by atoms with Crippen molar-refractivity contribution in [3.8, 4) is 0 Å². The van der Waals surface area contributed by atoms with Crippen molar-refractivity contribution < 1.29 is 14.7 Å². The lowest BCUT2D eigenvalue weighted by Crippen LogP contribution is -2.35. The largest absolute Gasteiger partial charge is 0.480 e. The number of benzene rings is 1. The van der Waals surface area contributed by atoms with E-state index in [0.29, 0.717) is 5.56 Å². The van der Waals surface area contributed by atoms with E-state index in [9.17, 15) is 9.59 Å². The van der Waals surface area contributed by atoms with Crippen molar-refractivity contribution in [2.24, 2.45) is 0 Å². The van der Waals surface area contributed by atoms with Gasteiger partial charge in [-0.3, -0.25) is 9.59 Å². The quantitative estimate of drug-likeness (QED) is 0.848. The average Bonchev–Trinajstić information content (AvgIpc) is 2.84. The first-order valence-electron chi connectivity index (χ1n) is 5.57. The summed E-state index contributed by atoms with van der Waals surface area (Å²) in [5.41, 5.74) is 2.99. The summed E-state index contributed by atoms with van der Waals surface area (Å²) >= 11 is 1.44. The summed E-state index contributed by atoms with van der Waals surface area (Å²) in [5.74, 6) is -1.37. The first-order chi connectivity index (χ1) is 9.11. The monoisotopic (exact) mass is 276 g/mol. The molecule has 0 unspecified atom stereocenters. The van der Waals surface area contributed by atoms with Gasteiger partial charge in [-0.2, -0.15) is 0 Å². The highest BCUT2D eigenvalue weighted by Crippen LogP contribution is 2.20. The first-order valence-corrected chi connectivity index (χ1v) is 6.45. The van der Waals surface area contributed by atoms with E-state index in [0.717, 1.165) is 10.2 Å². The fourth-order valence-corrected chi connectivity index (χ4v) is 2.43. The first kappa shape index (κ1) is 13.2. The highest BCUT2D eigenvalue weighted by molar-refractivity contribution is 7.16. The van der Waals surface area contributed by atoms with E-state index in [1.165, 1.54) is 22.3 Å². The maximum absolute atomic E-state index is 12.2. The van der Waals surface area contributed by atoms with Crippen molar-refractivity contribution in [3.05, 3.63) is 41.9 Å². The number of nitrogens with zero attached hydrogens (tertiary/aromatic N) is 2. The minimum absolute atomic E-state index is 0.200. The molecular formula is C13H12N2O3S. The van der Waals surface area contributed by atoms with Gasteiger partial charge in [-0.15, -0.1) is 17.9 Å². The Hall–Kier alpha value is -2.21. The SMILES string of the molecule is C=CCN(CC(=O)O)C(=O)c1ccc2ncsc2c1. The molecule has 0 aliphatic rings. The van der Waals surface area contributed by atoms with Crippen molar-refractivity contribution in [2.45, 2.75) is 0 Å². The maximum Gasteiger partial charge on any atom is 0.323 e. The van der Waals surface area contributed by atoms with E-state index in [1.807, 2.05) is 0 Å². The van der Waals surface area contributed by atoms with Crippen LogP contribution >= 0.6 is 11.3 Å². The number of fused-ring (bicyclic) bond motifs is 1. The Kier molecular flexibility index (Phi) is 3.91. The molecule has 98 valence electrons. The van der Waals surface area contributed by atoms with Gasteiger partial charge in [-0.1, -0.05) is 6.08 Å². The van der Waals surface area contributed by atoms with Crippen LogP contribution in [0.2, 0.25) is 0 Å². The lowest BCUT2D eigenvalue weighted by Gasteiger charge is -2.18. The number of thiazole rings is 1. The summed E-state index contributed by atoms with van der Waals surface area (Å²) in [4.78, 5) is 28.4. The van der Waals surface area contributed by atoms with Crippen molar-refractivity contribution in [1.29, 1.82) is 0 Å². The van der Waals surface area contributed by atoms with Gasteiger partial charge in [0.1, 0.15) is 6.54 Å². The van der Waals surface area contributed by atoms with Gasteiger partial charge in [0, 0.05) is 12.1 Å². The molecule has 5 nitrogen and oxygen atoms in total. The highest BCUT2D eigenvalue weighted by Gasteiger charge is 2.17. The van der Waals surface area contributed by atoms with E-state index in [1.54, 1.807) is 23.7 Å². The summed E-state index contributed by atoms with van der Waals surface area (Å²) in [7, 11) is 0. The second-order valence-corrected chi connectivity index (χ2v) is 4.79. The van der Waals surface area contributed by atoms with Crippen LogP contribution in [-0.4, -0.2) is 40.0 Å². The number of aromatic nitrogens is 1. The van der Waals surface area contributed by atoms with Gasteiger partial charge in [-0.05, 0) is 18.2 Å². The number of carbonyl (C=O) groups is 2. The molecule has 1 amide bonds. The fourth-order valence-electron chi connectivity index (χ4n) is 1.71. The van der Waals surface area contributed by atoms with Crippen LogP contribution in [0, 0.1) is 0 Å². The second-order valence-electron chi connectivity index (χ2n) is 3.90. The van der Waals surface area contributed by atoms with Crippen LogP contribution in [0.25, 0.3) is 10.2 Å². The van der Waals surface area contributed by atoms with Crippen LogP contribution < -0.4 is 0 Å².